The van der Waals surface area contributed by atoms with Crippen molar-refractivity contribution < 1.29 is 19.0 Å². The largest absolute Gasteiger partial charge is 0.496 e. The van der Waals surface area contributed by atoms with Gasteiger partial charge in [0.15, 0.2) is 0 Å². The third-order valence-electron chi connectivity index (χ3n) is 3.98. The minimum atomic E-state index is -1.37. The highest BCUT2D eigenvalue weighted by atomic mass is 19.1. The number of aromatic carboxylic acids is 1. The average molecular weight is 322 g/mol. The Hall–Kier alpha value is -3.28. The maximum atomic E-state index is 13.9. The van der Waals surface area contributed by atoms with E-state index in [1.807, 2.05) is 24.3 Å². The molecule has 24 heavy (non-hydrogen) atoms. The van der Waals surface area contributed by atoms with Gasteiger partial charge in [-0.15, -0.1) is 0 Å². The first kappa shape index (κ1) is 14.3. The van der Waals surface area contributed by atoms with Gasteiger partial charge < -0.3 is 9.84 Å². The van der Waals surface area contributed by atoms with E-state index in [0.717, 1.165) is 16.8 Å². The quantitative estimate of drug-likeness (QED) is 0.449. The number of rotatable bonds is 2. The Morgan fingerprint density at radius 1 is 1.00 bits per heavy atom. The molecule has 0 saturated heterocycles. The van der Waals surface area contributed by atoms with Gasteiger partial charge in [0.2, 0.25) is 0 Å². The number of ether oxygens (including phenoxy) is 1. The molecule has 0 aliphatic heterocycles. The summed E-state index contributed by atoms with van der Waals surface area (Å²) in [5, 5.41) is 10.9. The van der Waals surface area contributed by atoms with Gasteiger partial charge in [0.05, 0.1) is 23.7 Å². The van der Waals surface area contributed by atoms with Gasteiger partial charge in [0.25, 0.3) is 0 Å². The third-order valence-corrected chi connectivity index (χ3v) is 3.98. The number of benzene rings is 3. The lowest BCUT2D eigenvalue weighted by molar-refractivity contribution is 0.0694. The standard InChI is InChI=1S/C18H11FN2O3/c1-24-14-4-2-3-10-9(14)5-7-12-16(10)21-17-13(20-12)8-6-11(19)15(17)18(22)23/h2-8H,1H3,(H,22,23). The number of carboxylic acid groups (broad SMARTS) is 1. The molecule has 0 radical (unpaired) electrons. The Balaban J connectivity index is 2.21. The molecule has 0 saturated carbocycles. The van der Waals surface area contributed by atoms with Crippen LogP contribution in [0.1, 0.15) is 10.4 Å². The molecule has 0 amide bonds. The van der Waals surface area contributed by atoms with Crippen LogP contribution in [0.3, 0.4) is 0 Å². The minimum Gasteiger partial charge on any atom is -0.496 e. The topological polar surface area (TPSA) is 72.3 Å². The van der Waals surface area contributed by atoms with E-state index in [-0.39, 0.29) is 5.52 Å². The van der Waals surface area contributed by atoms with Gasteiger partial charge in [0.1, 0.15) is 22.6 Å². The number of hydrogen-bond donors (Lipinski definition) is 1. The van der Waals surface area contributed by atoms with Gasteiger partial charge in [0, 0.05) is 10.8 Å². The molecule has 0 aliphatic carbocycles. The van der Waals surface area contributed by atoms with E-state index in [9.17, 15) is 14.3 Å². The van der Waals surface area contributed by atoms with Gasteiger partial charge in [-0.2, -0.15) is 0 Å². The Bertz CT molecular complexity index is 1140. The Morgan fingerprint density at radius 2 is 1.75 bits per heavy atom. The molecule has 118 valence electrons. The number of carbonyl (C=O) groups is 1. The third kappa shape index (κ3) is 1.96. The normalized spacial score (nSPS) is 11.2. The van der Waals surface area contributed by atoms with Crippen LogP contribution in [-0.2, 0) is 0 Å². The molecule has 0 spiro atoms. The summed E-state index contributed by atoms with van der Waals surface area (Å²) in [5.74, 6) is -1.53. The van der Waals surface area contributed by atoms with Gasteiger partial charge in [-0.25, -0.2) is 19.2 Å². The van der Waals surface area contributed by atoms with Crippen molar-refractivity contribution in [2.45, 2.75) is 0 Å². The molecular formula is C18H11FN2O3. The van der Waals surface area contributed by atoms with E-state index in [2.05, 4.69) is 9.97 Å². The first-order chi connectivity index (χ1) is 11.6. The molecule has 1 N–H and O–H groups in total. The van der Waals surface area contributed by atoms with E-state index in [4.69, 9.17) is 4.74 Å². The molecule has 0 atom stereocenters. The van der Waals surface area contributed by atoms with Crippen LogP contribution in [0, 0.1) is 5.82 Å². The van der Waals surface area contributed by atoms with Gasteiger partial charge in [-0.1, -0.05) is 12.1 Å². The summed E-state index contributed by atoms with van der Waals surface area (Å²) in [7, 11) is 1.57. The molecule has 6 heteroatoms. The molecule has 0 unspecified atom stereocenters. The Kier molecular flexibility index (Phi) is 3.06. The number of aromatic nitrogens is 2. The average Bonchev–Trinajstić information content (AvgIpc) is 2.59. The molecule has 4 aromatic rings. The first-order valence-electron chi connectivity index (χ1n) is 7.19. The molecule has 4 rings (SSSR count). The van der Waals surface area contributed by atoms with Gasteiger partial charge in [-0.05, 0) is 30.3 Å². The highest BCUT2D eigenvalue weighted by Crippen LogP contribution is 2.31. The second-order valence-electron chi connectivity index (χ2n) is 5.31. The SMILES string of the molecule is COc1cccc2c1ccc1nc3ccc(F)c(C(=O)O)c3nc12. The maximum absolute atomic E-state index is 13.9. The van der Waals surface area contributed by atoms with Gasteiger partial charge >= 0.3 is 5.97 Å². The highest BCUT2D eigenvalue weighted by molar-refractivity contribution is 6.10. The zero-order valence-corrected chi connectivity index (χ0v) is 12.6. The van der Waals surface area contributed by atoms with Crippen molar-refractivity contribution in [1.82, 2.24) is 9.97 Å². The summed E-state index contributed by atoms with van der Waals surface area (Å²) in [6.45, 7) is 0. The van der Waals surface area contributed by atoms with E-state index >= 15 is 0 Å². The maximum Gasteiger partial charge on any atom is 0.340 e. The van der Waals surface area contributed by atoms with E-state index < -0.39 is 17.3 Å². The highest BCUT2D eigenvalue weighted by Gasteiger charge is 2.18. The first-order valence-corrected chi connectivity index (χ1v) is 7.19. The Morgan fingerprint density at radius 3 is 2.50 bits per heavy atom. The zero-order valence-electron chi connectivity index (χ0n) is 12.6. The monoisotopic (exact) mass is 322 g/mol. The molecule has 5 nitrogen and oxygen atoms in total. The molecule has 0 fully saturated rings. The smallest absolute Gasteiger partial charge is 0.340 e. The Labute approximate surface area is 135 Å². The van der Waals surface area contributed by atoms with Gasteiger partial charge in [-0.3, -0.25) is 0 Å². The fourth-order valence-electron chi connectivity index (χ4n) is 2.89. The van der Waals surface area contributed by atoms with Crippen LogP contribution in [-0.4, -0.2) is 28.2 Å². The van der Waals surface area contributed by atoms with Crippen molar-refractivity contribution in [1.29, 1.82) is 0 Å². The summed E-state index contributed by atoms with van der Waals surface area (Å²) in [5.41, 5.74) is 1.01. The zero-order chi connectivity index (χ0) is 16.8. The summed E-state index contributed by atoms with van der Waals surface area (Å²) in [4.78, 5) is 20.3. The van der Waals surface area contributed by atoms with Crippen LogP contribution in [0.25, 0.3) is 32.8 Å². The second kappa shape index (κ2) is 5.13. The fourth-order valence-corrected chi connectivity index (χ4v) is 2.89. The number of hydrogen-bond acceptors (Lipinski definition) is 4. The summed E-state index contributed by atoms with van der Waals surface area (Å²) in [6.07, 6.45) is 0. The lowest BCUT2D eigenvalue weighted by Crippen LogP contribution is -2.04. The molecule has 1 heterocycles. The lowest BCUT2D eigenvalue weighted by Gasteiger charge is -2.09. The number of nitrogens with zero attached hydrogens (tertiary/aromatic N) is 2. The van der Waals surface area contributed by atoms with Crippen molar-refractivity contribution in [3.05, 3.63) is 53.8 Å². The van der Waals surface area contributed by atoms with E-state index in [1.165, 1.54) is 6.07 Å². The molecule has 1 aromatic heterocycles. The molecule has 0 aliphatic rings. The van der Waals surface area contributed by atoms with Crippen LogP contribution < -0.4 is 4.74 Å². The van der Waals surface area contributed by atoms with Crippen molar-refractivity contribution >= 4 is 38.8 Å². The predicted molar refractivity (Wildman–Crippen MR) is 88.0 cm³/mol. The molecular weight excluding hydrogens is 311 g/mol. The van der Waals surface area contributed by atoms with Crippen molar-refractivity contribution in [2.24, 2.45) is 0 Å². The molecule has 0 bridgehead atoms. The number of fused-ring (bicyclic) bond motifs is 4. The van der Waals surface area contributed by atoms with E-state index in [0.29, 0.717) is 22.3 Å². The van der Waals surface area contributed by atoms with Crippen LogP contribution in [0.4, 0.5) is 4.39 Å². The predicted octanol–water partition coefficient (Wildman–Crippen LogP) is 3.78. The minimum absolute atomic E-state index is 0.0327. The second-order valence-corrected chi connectivity index (χ2v) is 5.31. The van der Waals surface area contributed by atoms with Crippen LogP contribution >= 0.6 is 0 Å². The summed E-state index contributed by atoms with van der Waals surface area (Å²) >= 11 is 0. The van der Waals surface area contributed by atoms with Crippen LogP contribution in [0.2, 0.25) is 0 Å². The van der Waals surface area contributed by atoms with Crippen molar-refractivity contribution in [3.63, 3.8) is 0 Å². The number of methoxy groups -OCH3 is 1. The summed E-state index contributed by atoms with van der Waals surface area (Å²) in [6, 6.07) is 11.7. The fraction of sp³-hybridized carbons (Fsp3) is 0.0556. The lowest BCUT2D eigenvalue weighted by atomic mass is 10.1. The van der Waals surface area contributed by atoms with E-state index in [1.54, 1.807) is 13.2 Å². The van der Waals surface area contributed by atoms with Crippen LogP contribution in [0.5, 0.6) is 5.75 Å². The number of halogens is 1. The van der Waals surface area contributed by atoms with Crippen molar-refractivity contribution in [3.8, 4) is 5.75 Å². The van der Waals surface area contributed by atoms with Crippen LogP contribution in [0.15, 0.2) is 42.5 Å². The number of carboxylic acids is 1. The van der Waals surface area contributed by atoms with Crippen molar-refractivity contribution in [2.75, 3.05) is 7.11 Å². The molecule has 3 aromatic carbocycles. The summed E-state index contributed by atoms with van der Waals surface area (Å²) < 4.78 is 19.3.